The summed E-state index contributed by atoms with van der Waals surface area (Å²) in [6.45, 7) is 2.15. The van der Waals surface area contributed by atoms with Gasteiger partial charge in [0.25, 0.3) is 17.5 Å². The molecule has 1 aromatic carbocycles. The molecule has 3 N–H and O–H groups in total. The van der Waals surface area contributed by atoms with Gasteiger partial charge in [0, 0.05) is 17.5 Å². The number of rotatable bonds is 13. The number of halogens is 1. The third-order valence-electron chi connectivity index (χ3n) is 5.73. The van der Waals surface area contributed by atoms with Gasteiger partial charge in [-0.2, -0.15) is 12.7 Å². The summed E-state index contributed by atoms with van der Waals surface area (Å²) in [7, 11) is -4.33. The van der Waals surface area contributed by atoms with Gasteiger partial charge in [0.2, 0.25) is 11.5 Å². The Hall–Kier alpha value is -4.73. The van der Waals surface area contributed by atoms with Crippen LogP contribution in [-0.4, -0.2) is 93.2 Å². The van der Waals surface area contributed by atoms with E-state index in [1.807, 2.05) is 0 Å². The highest BCUT2D eigenvalue weighted by molar-refractivity contribution is 7.84. The van der Waals surface area contributed by atoms with Crippen LogP contribution in [0.2, 0.25) is 0 Å². The highest BCUT2D eigenvalue weighted by Crippen LogP contribution is 2.25. The van der Waals surface area contributed by atoms with Crippen LogP contribution in [0.15, 0.2) is 34.8 Å². The molecular weight excluding hydrogens is 668 g/mol. The van der Waals surface area contributed by atoms with E-state index in [1.165, 1.54) is 43.5 Å². The Morgan fingerprint density at radius 2 is 1.89 bits per heavy atom. The predicted octanol–water partition coefficient (Wildman–Crippen LogP) is 0.143. The quantitative estimate of drug-likeness (QED) is 0.0480. The summed E-state index contributed by atoms with van der Waals surface area (Å²) in [6, 6.07) is 1.36. The van der Waals surface area contributed by atoms with Crippen molar-refractivity contribution in [1.29, 1.82) is 0 Å². The fraction of sp³-hybridized carbons (Fsp3) is 0.348. The summed E-state index contributed by atoms with van der Waals surface area (Å²) < 4.78 is 42.0. The number of alkyl halides is 1. The lowest BCUT2D eigenvalue weighted by atomic mass is 9.98. The number of amides is 3. The lowest BCUT2D eigenvalue weighted by molar-refractivity contribution is -0.384. The molecule has 0 saturated carbocycles. The summed E-state index contributed by atoms with van der Waals surface area (Å²) in [5.41, 5.74) is -2.60. The van der Waals surface area contributed by atoms with E-state index < -0.39 is 74.2 Å². The maximum Gasteiger partial charge on any atom is 0.363 e. The first kappa shape index (κ1) is 34.8. The minimum Gasteiger partial charge on any atom is -0.467 e. The van der Waals surface area contributed by atoms with E-state index in [0.29, 0.717) is 5.56 Å². The van der Waals surface area contributed by atoms with Crippen molar-refractivity contribution in [3.05, 3.63) is 51.0 Å². The molecule has 1 saturated heterocycles. The SMILES string of the molecule is COC(=O)[C@H]1[C@H](NC(=O)C(=NOC(C)(C)C(=O)OCc2ccc([N+](=O)[O-])cc2)c2csc(NC(=O)CCl)n2)C(=O)N1S(=O)(=O)O. The zero-order valence-electron chi connectivity index (χ0n) is 23.3. The van der Waals surface area contributed by atoms with Gasteiger partial charge in [-0.15, -0.1) is 22.9 Å². The van der Waals surface area contributed by atoms with E-state index in [-0.39, 0.29) is 27.4 Å². The lowest BCUT2D eigenvalue weighted by Crippen LogP contribution is -2.74. The first-order chi connectivity index (χ1) is 21.0. The summed E-state index contributed by atoms with van der Waals surface area (Å²) in [5.74, 6) is -5.97. The van der Waals surface area contributed by atoms with E-state index in [1.54, 1.807) is 0 Å². The molecule has 3 amide bonds. The zero-order chi connectivity index (χ0) is 33.7. The molecule has 0 bridgehead atoms. The normalized spacial score (nSPS) is 16.7. The van der Waals surface area contributed by atoms with E-state index in [0.717, 1.165) is 18.4 Å². The molecule has 1 aliphatic heterocycles. The van der Waals surface area contributed by atoms with Crippen molar-refractivity contribution < 1.29 is 56.2 Å². The van der Waals surface area contributed by atoms with Crippen molar-refractivity contribution in [3.63, 3.8) is 0 Å². The lowest BCUT2D eigenvalue weighted by Gasteiger charge is -2.41. The van der Waals surface area contributed by atoms with Crippen molar-refractivity contribution in [2.75, 3.05) is 18.3 Å². The molecule has 2 atom stereocenters. The minimum atomic E-state index is -5.21. The Morgan fingerprint density at radius 3 is 2.44 bits per heavy atom. The van der Waals surface area contributed by atoms with Crippen LogP contribution in [0, 0.1) is 10.1 Å². The number of thiazole rings is 1. The number of nitrogens with one attached hydrogen (secondary N) is 2. The van der Waals surface area contributed by atoms with E-state index in [2.05, 4.69) is 25.5 Å². The molecule has 2 aromatic rings. The molecule has 19 nitrogen and oxygen atoms in total. The topological polar surface area (TPSA) is 263 Å². The second-order valence-electron chi connectivity index (χ2n) is 9.29. The largest absolute Gasteiger partial charge is 0.467 e. The molecule has 0 aliphatic carbocycles. The van der Waals surface area contributed by atoms with Gasteiger partial charge in [-0.25, -0.2) is 14.6 Å². The highest BCUT2D eigenvalue weighted by Gasteiger charge is 2.58. The van der Waals surface area contributed by atoms with Crippen LogP contribution < -0.4 is 10.6 Å². The maximum atomic E-state index is 13.3. The van der Waals surface area contributed by atoms with Crippen LogP contribution in [0.5, 0.6) is 0 Å². The van der Waals surface area contributed by atoms with Crippen LogP contribution in [0.4, 0.5) is 10.8 Å². The average molecular weight is 691 g/mol. The van der Waals surface area contributed by atoms with Gasteiger partial charge in [-0.05, 0) is 31.5 Å². The number of nitro benzene ring substituents is 1. The second-order valence-corrected chi connectivity index (χ2v) is 11.7. The summed E-state index contributed by atoms with van der Waals surface area (Å²) in [5, 5.41) is 20.2. The fourth-order valence-corrected chi connectivity index (χ4v) is 5.07. The Morgan fingerprint density at radius 1 is 1.24 bits per heavy atom. The molecular formula is C23H23ClN6O13S2. The first-order valence-corrected chi connectivity index (χ1v) is 15.0. The monoisotopic (exact) mass is 690 g/mol. The summed E-state index contributed by atoms with van der Waals surface area (Å²) in [6.07, 6.45) is 0. The number of benzene rings is 1. The zero-order valence-corrected chi connectivity index (χ0v) is 25.7. The van der Waals surface area contributed by atoms with Gasteiger partial charge in [-0.1, -0.05) is 5.16 Å². The number of aromatic nitrogens is 1. The highest BCUT2D eigenvalue weighted by atomic mass is 35.5. The van der Waals surface area contributed by atoms with Gasteiger partial charge in [0.1, 0.15) is 24.2 Å². The number of hydrogen-bond donors (Lipinski definition) is 3. The van der Waals surface area contributed by atoms with E-state index >= 15 is 0 Å². The number of non-ortho nitro benzene ring substituents is 1. The van der Waals surface area contributed by atoms with Crippen molar-refractivity contribution in [3.8, 4) is 0 Å². The second kappa shape index (κ2) is 13.9. The third kappa shape index (κ3) is 8.26. The number of β-lactam (4-membered cyclic amide) rings is 1. The van der Waals surface area contributed by atoms with Crippen molar-refractivity contribution in [2.45, 2.75) is 38.1 Å². The molecule has 0 unspecified atom stereocenters. The minimum absolute atomic E-state index is 0.0392. The Kier molecular flexibility index (Phi) is 10.8. The van der Waals surface area contributed by atoms with Gasteiger partial charge in [0.05, 0.1) is 12.0 Å². The molecule has 2 heterocycles. The summed E-state index contributed by atoms with van der Waals surface area (Å²) >= 11 is 6.30. The standard InChI is InChI=1S/C23H23ClN6O13S2/c1-23(2,21(35)42-9-11-4-6-12(7-5-11)30(36)37)43-28-15(13-10-44-22(25-13)26-14(31)8-24)18(32)27-16-17(20(34)41-3)29(19(16)33)45(38,39)40/h4-7,10,16-17H,8-9H2,1-3H3,(H,27,32)(H,25,26,31)(H,38,39,40)/t16-,17+/m0/s1. The van der Waals surface area contributed by atoms with E-state index in [4.69, 9.17) is 21.2 Å². The predicted molar refractivity (Wildman–Crippen MR) is 152 cm³/mol. The van der Waals surface area contributed by atoms with Crippen molar-refractivity contribution in [1.82, 2.24) is 14.6 Å². The molecule has 0 radical (unpaired) electrons. The van der Waals surface area contributed by atoms with Gasteiger partial charge in [-0.3, -0.25) is 29.1 Å². The molecule has 22 heteroatoms. The number of nitrogens with zero attached hydrogens (tertiary/aromatic N) is 4. The molecule has 3 rings (SSSR count). The molecule has 0 spiro atoms. The fourth-order valence-electron chi connectivity index (χ4n) is 3.45. The van der Waals surface area contributed by atoms with E-state index in [9.17, 15) is 47.1 Å². The maximum absolute atomic E-state index is 13.3. The van der Waals surface area contributed by atoms with Crippen LogP contribution in [-0.2, 0) is 55.2 Å². The average Bonchev–Trinajstić information content (AvgIpc) is 3.43. The Labute approximate surface area is 262 Å². The molecule has 242 valence electrons. The van der Waals surface area contributed by atoms with Crippen molar-refractivity contribution in [2.24, 2.45) is 5.16 Å². The number of carbonyl (C=O) groups excluding carboxylic acids is 5. The molecule has 1 aliphatic rings. The smallest absolute Gasteiger partial charge is 0.363 e. The van der Waals surface area contributed by atoms with Crippen LogP contribution >= 0.6 is 22.9 Å². The van der Waals surface area contributed by atoms with Crippen molar-refractivity contribution >= 4 is 79.4 Å². The molecule has 1 aromatic heterocycles. The summed E-state index contributed by atoms with van der Waals surface area (Å²) in [4.78, 5) is 81.9. The third-order valence-corrected chi connectivity index (χ3v) is 7.64. The number of hydrogen-bond acceptors (Lipinski definition) is 15. The number of esters is 2. The van der Waals surface area contributed by atoms with Gasteiger partial charge in [0.15, 0.2) is 16.9 Å². The van der Waals surface area contributed by atoms with Crippen LogP contribution in [0.1, 0.15) is 25.1 Å². The van der Waals surface area contributed by atoms with Crippen LogP contribution in [0.3, 0.4) is 0 Å². The number of nitro groups is 1. The number of methoxy groups -OCH3 is 1. The number of carbonyl (C=O) groups is 5. The Balaban J connectivity index is 1.85. The number of anilines is 1. The number of ether oxygens (including phenoxy) is 2. The molecule has 45 heavy (non-hydrogen) atoms. The Bertz CT molecular complexity index is 1660. The molecule has 1 fully saturated rings. The first-order valence-electron chi connectivity index (χ1n) is 12.2. The van der Waals surface area contributed by atoms with Crippen LogP contribution in [0.25, 0.3) is 0 Å². The van der Waals surface area contributed by atoms with Gasteiger partial charge >= 0.3 is 22.2 Å². The number of oxime groups is 1. The van der Waals surface area contributed by atoms with Gasteiger partial charge < -0.3 is 24.9 Å².